The molecule has 3 aromatic rings. The predicted octanol–water partition coefficient (Wildman–Crippen LogP) is 2.13. The zero-order chi connectivity index (χ0) is 29.4. The van der Waals surface area contributed by atoms with Crippen LogP contribution in [0.25, 0.3) is 10.9 Å². The highest BCUT2D eigenvalue weighted by Gasteiger charge is 2.32. The molecule has 3 amide bonds. The van der Waals surface area contributed by atoms with E-state index in [2.05, 4.69) is 20.9 Å². The van der Waals surface area contributed by atoms with Gasteiger partial charge in [0.05, 0.1) is 6.04 Å². The summed E-state index contributed by atoms with van der Waals surface area (Å²) in [4.78, 5) is 54.9. The van der Waals surface area contributed by atoms with E-state index in [9.17, 15) is 24.3 Å². The van der Waals surface area contributed by atoms with E-state index in [4.69, 9.17) is 5.73 Å². The third kappa shape index (κ3) is 7.92. The molecule has 0 aliphatic rings. The first-order valence-electron chi connectivity index (χ1n) is 13.5. The maximum Gasteiger partial charge on any atom is 0.326 e. The molecule has 0 radical (unpaired) electrons. The van der Waals surface area contributed by atoms with Gasteiger partial charge in [-0.3, -0.25) is 14.4 Å². The van der Waals surface area contributed by atoms with Crippen molar-refractivity contribution in [3.8, 4) is 0 Å². The van der Waals surface area contributed by atoms with Gasteiger partial charge in [-0.2, -0.15) is 0 Å². The van der Waals surface area contributed by atoms with Crippen LogP contribution in [-0.2, 0) is 32.0 Å². The molecule has 0 fully saturated rings. The minimum Gasteiger partial charge on any atom is -0.480 e. The van der Waals surface area contributed by atoms with Gasteiger partial charge in [0.25, 0.3) is 0 Å². The van der Waals surface area contributed by atoms with Crippen molar-refractivity contribution in [1.29, 1.82) is 0 Å². The molecule has 10 nitrogen and oxygen atoms in total. The van der Waals surface area contributed by atoms with Crippen LogP contribution in [0.5, 0.6) is 0 Å². The summed E-state index contributed by atoms with van der Waals surface area (Å²) in [5, 5.41) is 18.6. The summed E-state index contributed by atoms with van der Waals surface area (Å²) in [6, 6.07) is 12.6. The van der Waals surface area contributed by atoms with Gasteiger partial charge < -0.3 is 31.8 Å². The number of rotatable bonds is 13. The third-order valence-electron chi connectivity index (χ3n) is 6.90. The fraction of sp³-hybridized carbons (Fsp3) is 0.400. The Morgan fingerprint density at radius 3 is 1.98 bits per heavy atom. The molecule has 0 aliphatic heterocycles. The molecule has 1 heterocycles. The van der Waals surface area contributed by atoms with Crippen LogP contribution in [0, 0.1) is 11.8 Å². The van der Waals surface area contributed by atoms with Crippen molar-refractivity contribution in [2.75, 3.05) is 0 Å². The lowest BCUT2D eigenvalue weighted by Crippen LogP contribution is -2.59. The number of carbonyl (C=O) groups excluding carboxylic acids is 3. The zero-order valence-electron chi connectivity index (χ0n) is 23.3. The lowest BCUT2D eigenvalue weighted by atomic mass is 9.99. The zero-order valence-corrected chi connectivity index (χ0v) is 23.3. The summed E-state index contributed by atoms with van der Waals surface area (Å²) in [5.74, 6) is -3.39. The van der Waals surface area contributed by atoms with Crippen molar-refractivity contribution >= 4 is 34.6 Å². The van der Waals surface area contributed by atoms with Gasteiger partial charge >= 0.3 is 5.97 Å². The molecule has 0 bridgehead atoms. The average molecular weight is 550 g/mol. The van der Waals surface area contributed by atoms with Gasteiger partial charge in [-0.15, -0.1) is 0 Å². The highest BCUT2D eigenvalue weighted by Crippen LogP contribution is 2.19. The topological polar surface area (TPSA) is 166 Å². The van der Waals surface area contributed by atoms with E-state index in [0.717, 1.165) is 22.0 Å². The van der Waals surface area contributed by atoms with Crippen LogP contribution in [0.15, 0.2) is 60.8 Å². The molecule has 214 valence electrons. The Bertz CT molecular complexity index is 1320. The highest BCUT2D eigenvalue weighted by molar-refractivity contribution is 5.95. The van der Waals surface area contributed by atoms with Crippen molar-refractivity contribution in [3.05, 3.63) is 71.9 Å². The third-order valence-corrected chi connectivity index (χ3v) is 6.90. The predicted molar refractivity (Wildman–Crippen MR) is 153 cm³/mol. The summed E-state index contributed by atoms with van der Waals surface area (Å²) in [5.41, 5.74) is 8.54. The summed E-state index contributed by atoms with van der Waals surface area (Å²) >= 11 is 0. The van der Waals surface area contributed by atoms with Crippen LogP contribution in [-0.4, -0.2) is 57.9 Å². The van der Waals surface area contributed by atoms with E-state index in [1.807, 2.05) is 68.4 Å². The van der Waals surface area contributed by atoms with Crippen LogP contribution in [0.2, 0.25) is 0 Å². The molecule has 10 heteroatoms. The van der Waals surface area contributed by atoms with E-state index < -0.39 is 47.9 Å². The lowest BCUT2D eigenvalue weighted by molar-refractivity contribution is -0.143. The number of carbonyl (C=O) groups is 4. The Morgan fingerprint density at radius 2 is 1.35 bits per heavy atom. The molecule has 3 rings (SSSR count). The number of carboxylic acids is 1. The molecule has 7 N–H and O–H groups in total. The molecule has 0 saturated heterocycles. The number of hydrogen-bond donors (Lipinski definition) is 6. The van der Waals surface area contributed by atoms with Crippen LogP contribution < -0.4 is 21.7 Å². The van der Waals surface area contributed by atoms with Crippen molar-refractivity contribution in [2.24, 2.45) is 17.6 Å². The normalized spacial score (nSPS) is 14.4. The van der Waals surface area contributed by atoms with Crippen LogP contribution in [0.4, 0.5) is 0 Å². The Morgan fingerprint density at radius 1 is 0.775 bits per heavy atom. The number of nitrogens with one attached hydrogen (secondary N) is 4. The van der Waals surface area contributed by atoms with Gasteiger partial charge in [0.2, 0.25) is 17.7 Å². The maximum absolute atomic E-state index is 13.7. The van der Waals surface area contributed by atoms with E-state index in [0.29, 0.717) is 0 Å². The van der Waals surface area contributed by atoms with Gasteiger partial charge in [-0.25, -0.2) is 4.79 Å². The van der Waals surface area contributed by atoms with Crippen molar-refractivity contribution in [3.63, 3.8) is 0 Å². The first-order chi connectivity index (χ1) is 19.0. The minimum atomic E-state index is -1.17. The van der Waals surface area contributed by atoms with E-state index in [1.165, 1.54) is 0 Å². The summed E-state index contributed by atoms with van der Waals surface area (Å²) in [7, 11) is 0. The Hall–Kier alpha value is -4.18. The number of hydrogen-bond acceptors (Lipinski definition) is 5. The summed E-state index contributed by atoms with van der Waals surface area (Å²) in [6.07, 6.45) is 2.06. The second kappa shape index (κ2) is 13.7. The quantitative estimate of drug-likeness (QED) is 0.191. The van der Waals surface area contributed by atoms with E-state index in [1.54, 1.807) is 20.0 Å². The molecule has 0 saturated carbocycles. The summed E-state index contributed by atoms with van der Waals surface area (Å²) in [6.45, 7) is 7.00. The molecule has 2 aromatic carbocycles. The number of amides is 3. The van der Waals surface area contributed by atoms with Crippen molar-refractivity contribution < 1.29 is 24.3 Å². The molecular weight excluding hydrogens is 510 g/mol. The monoisotopic (exact) mass is 549 g/mol. The van der Waals surface area contributed by atoms with Gasteiger partial charge in [0.1, 0.15) is 18.1 Å². The number of fused-ring (bicyclic) bond motifs is 1. The fourth-order valence-electron chi connectivity index (χ4n) is 4.40. The molecule has 1 aromatic heterocycles. The maximum atomic E-state index is 13.7. The number of para-hydroxylation sites is 1. The number of carboxylic acid groups (broad SMARTS) is 1. The first-order valence-corrected chi connectivity index (χ1v) is 13.5. The van der Waals surface area contributed by atoms with E-state index >= 15 is 0 Å². The van der Waals surface area contributed by atoms with Crippen LogP contribution in [0.1, 0.15) is 38.8 Å². The SMILES string of the molecule is CC(C)C(N)C(=O)NC(Cc1c[nH]c2ccccc12)C(=O)NC(Cc1ccccc1)C(=O)NC(C(=O)O)C(C)C. The average Bonchev–Trinajstić information content (AvgIpc) is 3.33. The lowest BCUT2D eigenvalue weighted by Gasteiger charge is -2.26. The Balaban J connectivity index is 1.90. The van der Waals surface area contributed by atoms with Gasteiger partial charge in [-0.1, -0.05) is 76.2 Å². The van der Waals surface area contributed by atoms with Crippen molar-refractivity contribution in [1.82, 2.24) is 20.9 Å². The minimum absolute atomic E-state index is 0.127. The number of benzene rings is 2. The number of aliphatic carboxylic acids is 1. The summed E-state index contributed by atoms with van der Waals surface area (Å²) < 4.78 is 0. The standard InChI is InChI=1S/C30H39N5O5/c1-17(2)25(31)29(38)34-24(15-20-16-32-22-13-9-8-12-21(20)22)27(36)33-23(14-19-10-6-5-7-11-19)28(37)35-26(18(3)4)30(39)40/h5-13,16-18,23-26,32H,14-15,31H2,1-4H3,(H,33,36)(H,34,38)(H,35,37)(H,39,40). The Labute approximate surface area is 234 Å². The van der Waals surface area contributed by atoms with Gasteiger partial charge in [-0.05, 0) is 29.0 Å². The number of nitrogens with two attached hydrogens (primary N) is 1. The molecule has 40 heavy (non-hydrogen) atoms. The largest absolute Gasteiger partial charge is 0.480 e. The smallest absolute Gasteiger partial charge is 0.326 e. The second-order valence-electron chi connectivity index (χ2n) is 10.7. The Kier molecular flexibility index (Phi) is 10.4. The highest BCUT2D eigenvalue weighted by atomic mass is 16.4. The first kappa shape index (κ1) is 30.4. The number of H-pyrrole nitrogens is 1. The molecule has 4 atom stereocenters. The molecule has 0 spiro atoms. The number of aromatic amines is 1. The van der Waals surface area contributed by atoms with Crippen LogP contribution >= 0.6 is 0 Å². The van der Waals surface area contributed by atoms with Gasteiger partial charge in [0, 0.05) is 29.9 Å². The molecular formula is C30H39N5O5. The van der Waals surface area contributed by atoms with Crippen LogP contribution in [0.3, 0.4) is 0 Å². The number of aromatic nitrogens is 1. The second-order valence-corrected chi connectivity index (χ2v) is 10.7. The fourth-order valence-corrected chi connectivity index (χ4v) is 4.40. The molecule has 4 unspecified atom stereocenters. The van der Waals surface area contributed by atoms with Crippen molar-refractivity contribution in [2.45, 2.75) is 64.7 Å². The van der Waals surface area contributed by atoms with E-state index in [-0.39, 0.29) is 24.7 Å². The molecule has 0 aliphatic carbocycles. The van der Waals surface area contributed by atoms with Gasteiger partial charge in [0.15, 0.2) is 0 Å².